The minimum Gasteiger partial charge on any atom is -0.310 e. The largest absolute Gasteiger partial charge is 0.330 e. The van der Waals surface area contributed by atoms with Gasteiger partial charge < -0.3 is 5.32 Å². The first-order valence-corrected chi connectivity index (χ1v) is 7.43. The van der Waals surface area contributed by atoms with Crippen LogP contribution in [-0.2, 0) is 30.5 Å². The van der Waals surface area contributed by atoms with Gasteiger partial charge in [-0.05, 0) is 0 Å². The Morgan fingerprint density at radius 2 is 1.83 bits per heavy atom. The molecule has 0 saturated heterocycles. The Labute approximate surface area is 105 Å². The van der Waals surface area contributed by atoms with Gasteiger partial charge in [0.1, 0.15) is 9.84 Å². The number of hydrogen-bond acceptors (Lipinski definition) is 5. The molecular formula is C10H17N3O4S. The first kappa shape index (κ1) is 14.7. The predicted octanol–water partition coefficient (Wildman–Crippen LogP) is -1.78. The van der Waals surface area contributed by atoms with E-state index in [1.54, 1.807) is 7.05 Å². The molecule has 0 aliphatic carbocycles. The van der Waals surface area contributed by atoms with Gasteiger partial charge in [0.25, 0.3) is 5.56 Å². The normalized spacial score (nSPS) is 11.7. The second-order valence-corrected chi connectivity index (χ2v) is 6.44. The van der Waals surface area contributed by atoms with Crippen molar-refractivity contribution in [3.8, 4) is 0 Å². The molecule has 1 heterocycles. The summed E-state index contributed by atoms with van der Waals surface area (Å²) in [5.74, 6) is 0.0196. The lowest BCUT2D eigenvalue weighted by molar-refractivity contribution is 0.588. The summed E-state index contributed by atoms with van der Waals surface area (Å²) in [6, 6.07) is 1.36. The molecule has 8 heteroatoms. The molecule has 0 atom stereocenters. The number of nitrogens with one attached hydrogen (secondary N) is 1. The smallest absolute Gasteiger partial charge is 0.310 e. The van der Waals surface area contributed by atoms with Crippen molar-refractivity contribution in [3.05, 3.63) is 32.6 Å². The van der Waals surface area contributed by atoms with Crippen molar-refractivity contribution in [1.82, 2.24) is 14.5 Å². The quantitative estimate of drug-likeness (QED) is 0.642. The van der Waals surface area contributed by atoms with Crippen LogP contribution in [0.4, 0.5) is 0 Å². The van der Waals surface area contributed by atoms with Gasteiger partial charge in [-0.1, -0.05) is 0 Å². The molecule has 7 nitrogen and oxygen atoms in total. The minimum atomic E-state index is -3.01. The first-order chi connectivity index (χ1) is 8.22. The molecule has 0 aliphatic heterocycles. The zero-order valence-electron chi connectivity index (χ0n) is 10.6. The standard InChI is InChI=1S/C10H17N3O4S/c1-12-8(6-9(14)13(2)10(12)15)7-11-4-5-18(3,16)17/h6,11H,4-5,7H2,1-3H3. The van der Waals surface area contributed by atoms with Crippen LogP contribution in [0, 0.1) is 0 Å². The average Bonchev–Trinajstić information content (AvgIpc) is 2.26. The van der Waals surface area contributed by atoms with Crippen LogP contribution in [0.3, 0.4) is 0 Å². The summed E-state index contributed by atoms with van der Waals surface area (Å²) >= 11 is 0. The molecule has 0 saturated carbocycles. The van der Waals surface area contributed by atoms with E-state index in [2.05, 4.69) is 5.32 Å². The van der Waals surface area contributed by atoms with E-state index in [0.717, 1.165) is 10.8 Å². The molecule has 0 aliphatic rings. The van der Waals surface area contributed by atoms with E-state index in [1.807, 2.05) is 0 Å². The van der Waals surface area contributed by atoms with E-state index >= 15 is 0 Å². The first-order valence-electron chi connectivity index (χ1n) is 5.37. The van der Waals surface area contributed by atoms with E-state index in [9.17, 15) is 18.0 Å². The molecule has 0 bridgehead atoms. The average molecular weight is 275 g/mol. The van der Waals surface area contributed by atoms with Gasteiger partial charge in [-0.25, -0.2) is 13.2 Å². The van der Waals surface area contributed by atoms with Crippen LogP contribution in [0.1, 0.15) is 5.69 Å². The fraction of sp³-hybridized carbons (Fsp3) is 0.600. The molecule has 0 spiro atoms. The zero-order chi connectivity index (χ0) is 13.9. The van der Waals surface area contributed by atoms with Gasteiger partial charge in [0.15, 0.2) is 0 Å². The minimum absolute atomic E-state index is 0.0196. The number of rotatable bonds is 5. The van der Waals surface area contributed by atoms with Crippen molar-refractivity contribution in [1.29, 1.82) is 0 Å². The molecule has 0 radical (unpaired) electrons. The fourth-order valence-corrected chi connectivity index (χ4v) is 1.94. The van der Waals surface area contributed by atoms with Gasteiger partial charge in [0.05, 0.1) is 5.75 Å². The van der Waals surface area contributed by atoms with Crippen molar-refractivity contribution in [2.45, 2.75) is 6.54 Å². The molecule has 0 aromatic carbocycles. The van der Waals surface area contributed by atoms with Crippen molar-refractivity contribution in [2.24, 2.45) is 14.1 Å². The summed E-state index contributed by atoms with van der Waals surface area (Å²) in [6.45, 7) is 0.555. The zero-order valence-corrected chi connectivity index (χ0v) is 11.5. The molecule has 1 aromatic rings. The van der Waals surface area contributed by atoms with E-state index < -0.39 is 15.5 Å². The van der Waals surface area contributed by atoms with Gasteiger partial charge in [-0.2, -0.15) is 0 Å². The van der Waals surface area contributed by atoms with E-state index in [-0.39, 0.29) is 24.4 Å². The second-order valence-electron chi connectivity index (χ2n) is 4.18. The van der Waals surface area contributed by atoms with E-state index in [0.29, 0.717) is 5.69 Å². The van der Waals surface area contributed by atoms with Gasteiger partial charge in [-0.3, -0.25) is 13.9 Å². The second kappa shape index (κ2) is 5.49. The highest BCUT2D eigenvalue weighted by Crippen LogP contribution is 1.90. The maximum Gasteiger partial charge on any atom is 0.330 e. The van der Waals surface area contributed by atoms with Crippen LogP contribution in [0.15, 0.2) is 15.7 Å². The Morgan fingerprint density at radius 1 is 1.22 bits per heavy atom. The Kier molecular flexibility index (Phi) is 4.47. The Bertz CT molecular complexity index is 642. The predicted molar refractivity (Wildman–Crippen MR) is 68.3 cm³/mol. The Balaban J connectivity index is 2.75. The van der Waals surface area contributed by atoms with Crippen molar-refractivity contribution in [3.63, 3.8) is 0 Å². The monoisotopic (exact) mass is 275 g/mol. The summed E-state index contributed by atoms with van der Waals surface area (Å²) in [5.41, 5.74) is -0.253. The van der Waals surface area contributed by atoms with Crippen molar-refractivity contribution >= 4 is 9.84 Å². The molecule has 0 fully saturated rings. The lowest BCUT2D eigenvalue weighted by Gasteiger charge is -2.10. The highest BCUT2D eigenvalue weighted by atomic mass is 32.2. The molecule has 1 aromatic heterocycles. The molecule has 18 heavy (non-hydrogen) atoms. The van der Waals surface area contributed by atoms with E-state index in [1.165, 1.54) is 17.7 Å². The van der Waals surface area contributed by atoms with E-state index in [4.69, 9.17) is 0 Å². The SMILES string of the molecule is Cn1c(CNCCS(C)(=O)=O)cc(=O)n(C)c1=O. The fourth-order valence-electron chi connectivity index (χ4n) is 1.42. The summed E-state index contributed by atoms with van der Waals surface area (Å²) in [4.78, 5) is 23.0. The van der Waals surface area contributed by atoms with Gasteiger partial charge in [0, 0.05) is 45.2 Å². The molecule has 0 amide bonds. The number of hydrogen-bond donors (Lipinski definition) is 1. The molecule has 1 N–H and O–H groups in total. The van der Waals surface area contributed by atoms with Crippen LogP contribution in [0.25, 0.3) is 0 Å². The number of nitrogens with zero attached hydrogens (tertiary/aromatic N) is 2. The summed E-state index contributed by atoms with van der Waals surface area (Å²) in [7, 11) is -0.0355. The Hall–Kier alpha value is -1.41. The third-order valence-corrected chi connectivity index (χ3v) is 3.53. The summed E-state index contributed by atoms with van der Waals surface area (Å²) < 4.78 is 24.2. The maximum absolute atomic E-state index is 11.6. The van der Waals surface area contributed by atoms with Crippen LogP contribution >= 0.6 is 0 Å². The third-order valence-electron chi connectivity index (χ3n) is 2.58. The van der Waals surface area contributed by atoms with Crippen LogP contribution in [0.5, 0.6) is 0 Å². The van der Waals surface area contributed by atoms with Gasteiger partial charge in [-0.15, -0.1) is 0 Å². The van der Waals surface area contributed by atoms with Crippen molar-refractivity contribution in [2.75, 3.05) is 18.6 Å². The summed E-state index contributed by atoms with van der Waals surface area (Å²) in [5, 5.41) is 2.89. The lowest BCUT2D eigenvalue weighted by atomic mass is 10.4. The molecular weight excluding hydrogens is 258 g/mol. The highest BCUT2D eigenvalue weighted by molar-refractivity contribution is 7.90. The molecule has 0 unspecified atom stereocenters. The molecule has 102 valence electrons. The number of sulfone groups is 1. The molecule has 1 rings (SSSR count). The highest BCUT2D eigenvalue weighted by Gasteiger charge is 2.06. The van der Waals surface area contributed by atoms with Crippen molar-refractivity contribution < 1.29 is 8.42 Å². The lowest BCUT2D eigenvalue weighted by Crippen LogP contribution is -2.39. The number of aromatic nitrogens is 2. The Morgan fingerprint density at radius 3 is 2.39 bits per heavy atom. The maximum atomic E-state index is 11.6. The van der Waals surface area contributed by atoms with Crippen LogP contribution < -0.4 is 16.6 Å². The topological polar surface area (TPSA) is 90.2 Å². The van der Waals surface area contributed by atoms with Gasteiger partial charge in [0.2, 0.25) is 0 Å². The van der Waals surface area contributed by atoms with Gasteiger partial charge >= 0.3 is 5.69 Å². The van der Waals surface area contributed by atoms with Crippen LogP contribution in [-0.4, -0.2) is 36.1 Å². The van der Waals surface area contributed by atoms with Crippen LogP contribution in [0.2, 0.25) is 0 Å². The summed E-state index contributed by atoms with van der Waals surface area (Å²) in [6.07, 6.45) is 1.16. The third kappa shape index (κ3) is 3.81.